The van der Waals surface area contributed by atoms with Crippen molar-refractivity contribution < 1.29 is 22.0 Å². The molecule has 0 bridgehead atoms. The van der Waals surface area contributed by atoms with Gasteiger partial charge in [0.1, 0.15) is 5.76 Å². The van der Waals surface area contributed by atoms with Crippen molar-refractivity contribution in [3.05, 3.63) is 42.2 Å². The highest BCUT2D eigenvalue weighted by atomic mass is 32.2. The fourth-order valence-electron chi connectivity index (χ4n) is 1.82. The van der Waals surface area contributed by atoms with Crippen molar-refractivity contribution >= 4 is 16.1 Å². The second-order valence-electron chi connectivity index (χ2n) is 4.54. The van der Waals surface area contributed by atoms with E-state index in [0.717, 1.165) is 11.8 Å². The molecule has 0 unspecified atom stereocenters. The summed E-state index contributed by atoms with van der Waals surface area (Å²) in [4.78, 5) is 10.6. The summed E-state index contributed by atoms with van der Waals surface area (Å²) in [6.45, 7) is 0. The highest BCUT2D eigenvalue weighted by Crippen LogP contribution is 2.26. The predicted octanol–water partition coefficient (Wildman–Crippen LogP) is 2.21. The molecule has 0 amide bonds. The molecule has 0 N–H and O–H groups in total. The molecule has 0 saturated carbocycles. The molecule has 0 atom stereocenters. The van der Waals surface area contributed by atoms with Gasteiger partial charge in [-0.3, -0.25) is 4.79 Å². The molecule has 112 valence electrons. The molecule has 22 heavy (non-hydrogen) atoms. The molecular weight excluding hydrogens is 308 g/mol. The highest BCUT2D eigenvalue weighted by molar-refractivity contribution is 7.90. The minimum Gasteiger partial charge on any atom is -0.453 e. The zero-order valence-corrected chi connectivity index (χ0v) is 12.2. The maximum absolute atomic E-state index is 11.3. The number of hydrogen-bond acceptors (Lipinski definition) is 7. The van der Waals surface area contributed by atoms with Crippen LogP contribution in [0.2, 0.25) is 0 Å². The van der Waals surface area contributed by atoms with Crippen LogP contribution in [0.3, 0.4) is 0 Å². The number of carbonyl (C=O) groups excluding carboxylic acids is 1. The first-order valence-electron chi connectivity index (χ1n) is 6.17. The number of hydrogen-bond donors (Lipinski definition) is 0. The maximum atomic E-state index is 11.3. The summed E-state index contributed by atoms with van der Waals surface area (Å²) in [6, 6.07) is 10.1. The largest absolute Gasteiger partial charge is 0.453 e. The number of sulfone groups is 1. The quantitative estimate of drug-likeness (QED) is 0.679. The molecule has 8 heteroatoms. The van der Waals surface area contributed by atoms with E-state index in [1.54, 1.807) is 36.4 Å². The molecule has 7 nitrogen and oxygen atoms in total. The Bertz CT molecular complexity index is 922. The van der Waals surface area contributed by atoms with Gasteiger partial charge in [0.15, 0.2) is 12.0 Å². The molecule has 0 aliphatic carbocycles. The Balaban J connectivity index is 1.91. The number of rotatable bonds is 4. The van der Waals surface area contributed by atoms with Crippen LogP contribution in [0.1, 0.15) is 10.6 Å². The topological polar surface area (TPSA) is 103 Å². The molecule has 0 aliphatic heterocycles. The molecule has 0 aliphatic rings. The fourth-order valence-corrected chi connectivity index (χ4v) is 2.24. The van der Waals surface area contributed by atoms with Crippen molar-refractivity contribution in [3.63, 3.8) is 0 Å². The number of nitrogens with zero attached hydrogens (tertiary/aromatic N) is 2. The predicted molar refractivity (Wildman–Crippen MR) is 75.9 cm³/mol. The lowest BCUT2D eigenvalue weighted by Gasteiger charge is -1.98. The third-order valence-corrected chi connectivity index (χ3v) is 3.68. The van der Waals surface area contributed by atoms with Gasteiger partial charge in [-0.2, -0.15) is 0 Å². The third-order valence-electron chi connectivity index (χ3n) is 2.88. The number of aldehydes is 1. The normalized spacial score (nSPS) is 11.5. The summed E-state index contributed by atoms with van der Waals surface area (Å²) in [7, 11) is -3.53. The van der Waals surface area contributed by atoms with Crippen LogP contribution in [-0.2, 0) is 9.84 Å². The minimum absolute atomic E-state index is 0.111. The summed E-state index contributed by atoms with van der Waals surface area (Å²) >= 11 is 0. The van der Waals surface area contributed by atoms with Crippen LogP contribution >= 0.6 is 0 Å². The van der Waals surface area contributed by atoms with Crippen LogP contribution in [0.5, 0.6) is 0 Å². The van der Waals surface area contributed by atoms with Crippen LogP contribution in [0.4, 0.5) is 0 Å². The fraction of sp³-hybridized carbons (Fsp3) is 0.0714. The molecule has 0 fully saturated rings. The molecule has 0 spiro atoms. The smallest absolute Gasteiger partial charge is 0.335 e. The second-order valence-corrected chi connectivity index (χ2v) is 6.44. The lowest BCUT2D eigenvalue weighted by molar-refractivity contribution is 0.110. The van der Waals surface area contributed by atoms with E-state index in [2.05, 4.69) is 10.2 Å². The molecule has 3 aromatic rings. The van der Waals surface area contributed by atoms with Gasteiger partial charge in [0.25, 0.3) is 0 Å². The van der Waals surface area contributed by atoms with Crippen molar-refractivity contribution in [3.8, 4) is 22.8 Å². The number of furan rings is 1. The number of aromatic nitrogens is 2. The Morgan fingerprint density at radius 3 is 2.18 bits per heavy atom. The Hall–Kier alpha value is -2.74. The minimum atomic E-state index is -3.53. The van der Waals surface area contributed by atoms with E-state index in [1.807, 2.05) is 0 Å². The van der Waals surface area contributed by atoms with Crippen molar-refractivity contribution in [1.29, 1.82) is 0 Å². The van der Waals surface area contributed by atoms with Gasteiger partial charge >= 0.3 is 5.22 Å². The summed E-state index contributed by atoms with van der Waals surface area (Å²) in [6.07, 6.45) is 1.62. The van der Waals surface area contributed by atoms with Crippen LogP contribution in [0.15, 0.2) is 50.5 Å². The molecule has 0 radical (unpaired) electrons. The number of benzene rings is 1. The van der Waals surface area contributed by atoms with E-state index in [-0.39, 0.29) is 11.7 Å². The third kappa shape index (κ3) is 2.68. The van der Waals surface area contributed by atoms with Gasteiger partial charge in [0.2, 0.25) is 15.7 Å². The second kappa shape index (κ2) is 5.23. The molecular formula is C14H10N2O5S. The average molecular weight is 318 g/mol. The van der Waals surface area contributed by atoms with Crippen LogP contribution in [0, 0.1) is 0 Å². The summed E-state index contributed by atoms with van der Waals surface area (Å²) in [5.74, 6) is 0.907. The van der Waals surface area contributed by atoms with Crippen molar-refractivity contribution in [1.82, 2.24) is 10.2 Å². The average Bonchev–Trinajstić information content (AvgIpc) is 3.16. The van der Waals surface area contributed by atoms with E-state index < -0.39 is 15.1 Å². The van der Waals surface area contributed by atoms with Gasteiger partial charge in [-0.15, -0.1) is 5.10 Å². The van der Waals surface area contributed by atoms with E-state index in [4.69, 9.17) is 8.83 Å². The first-order valence-corrected chi connectivity index (χ1v) is 8.06. The molecule has 1 aromatic carbocycles. The lowest BCUT2D eigenvalue weighted by atomic mass is 10.1. The standard InChI is InChI=1S/C14H10N2O5S/c1-22(18,19)14-16-15-13(21-14)10-4-2-9(3-5-10)12-7-6-11(8-17)20-12/h2-8H,1H3. The van der Waals surface area contributed by atoms with Gasteiger partial charge in [-0.05, 0) is 24.3 Å². The SMILES string of the molecule is CS(=O)(=O)c1nnc(-c2ccc(-c3ccc(C=O)o3)cc2)o1. The monoisotopic (exact) mass is 318 g/mol. The Kier molecular flexibility index (Phi) is 3.38. The lowest BCUT2D eigenvalue weighted by Crippen LogP contribution is -1.96. The van der Waals surface area contributed by atoms with Crippen LogP contribution in [-0.4, -0.2) is 31.2 Å². The van der Waals surface area contributed by atoms with Crippen LogP contribution in [0.25, 0.3) is 22.8 Å². The van der Waals surface area contributed by atoms with Gasteiger partial charge in [0.05, 0.1) is 0 Å². The van der Waals surface area contributed by atoms with E-state index in [1.165, 1.54) is 0 Å². The Morgan fingerprint density at radius 2 is 1.64 bits per heavy atom. The highest BCUT2D eigenvalue weighted by Gasteiger charge is 2.17. The van der Waals surface area contributed by atoms with Gasteiger partial charge < -0.3 is 8.83 Å². The number of carbonyl (C=O) groups is 1. The van der Waals surface area contributed by atoms with Crippen molar-refractivity contribution in [2.24, 2.45) is 0 Å². The molecule has 2 heterocycles. The first-order chi connectivity index (χ1) is 10.5. The molecule has 0 saturated heterocycles. The summed E-state index contributed by atoms with van der Waals surface area (Å²) in [5, 5.41) is 6.78. The summed E-state index contributed by atoms with van der Waals surface area (Å²) in [5.41, 5.74) is 1.34. The van der Waals surface area contributed by atoms with Gasteiger partial charge in [-0.1, -0.05) is 17.2 Å². The summed E-state index contributed by atoms with van der Waals surface area (Å²) < 4.78 is 33.1. The van der Waals surface area contributed by atoms with Crippen molar-refractivity contribution in [2.45, 2.75) is 5.22 Å². The van der Waals surface area contributed by atoms with Gasteiger partial charge in [0, 0.05) is 17.4 Å². The molecule has 3 rings (SSSR count). The Labute approximate surface area is 125 Å². The van der Waals surface area contributed by atoms with E-state index in [0.29, 0.717) is 17.6 Å². The first kappa shape index (κ1) is 14.2. The van der Waals surface area contributed by atoms with E-state index >= 15 is 0 Å². The zero-order chi connectivity index (χ0) is 15.7. The van der Waals surface area contributed by atoms with Crippen molar-refractivity contribution in [2.75, 3.05) is 6.26 Å². The van der Waals surface area contributed by atoms with E-state index in [9.17, 15) is 13.2 Å². The molecule has 2 aromatic heterocycles. The zero-order valence-electron chi connectivity index (χ0n) is 11.4. The Morgan fingerprint density at radius 1 is 0.955 bits per heavy atom. The van der Waals surface area contributed by atoms with Crippen LogP contribution < -0.4 is 0 Å². The maximum Gasteiger partial charge on any atom is 0.335 e. The van der Waals surface area contributed by atoms with Gasteiger partial charge in [-0.25, -0.2) is 8.42 Å².